The van der Waals surface area contributed by atoms with Gasteiger partial charge in [-0.15, -0.1) is 0 Å². The molecule has 1 heterocycles. The average Bonchev–Trinajstić information content (AvgIpc) is 2.24. The van der Waals surface area contributed by atoms with Crippen molar-refractivity contribution in [2.45, 2.75) is 38.6 Å². The molecule has 92 valence electrons. The maximum Gasteiger partial charge on any atom is 0.222 e. The molecule has 0 aromatic carbocycles. The number of thiocarbonyl (C=S) groups is 1. The van der Waals surface area contributed by atoms with E-state index in [1.165, 1.54) is 0 Å². The summed E-state index contributed by atoms with van der Waals surface area (Å²) in [5.74, 6) is 0.225. The molecule has 0 aromatic rings. The Bertz CT molecular complexity index is 258. The number of nitrogens with zero attached hydrogens (tertiary/aromatic N) is 1. The van der Waals surface area contributed by atoms with Gasteiger partial charge < -0.3 is 15.5 Å². The van der Waals surface area contributed by atoms with Gasteiger partial charge in [-0.3, -0.25) is 4.79 Å². The van der Waals surface area contributed by atoms with Crippen molar-refractivity contribution in [2.24, 2.45) is 0 Å². The van der Waals surface area contributed by atoms with Gasteiger partial charge in [-0.25, -0.2) is 0 Å². The fraction of sp³-hybridized carbons (Fsp3) is 0.818. The number of likely N-dealkylation sites (tertiary alicyclic amines) is 1. The van der Waals surface area contributed by atoms with E-state index in [0.717, 1.165) is 32.4 Å². The zero-order valence-corrected chi connectivity index (χ0v) is 10.9. The zero-order chi connectivity index (χ0) is 12.0. The summed E-state index contributed by atoms with van der Waals surface area (Å²) < 4.78 is 0. The molecule has 16 heavy (non-hydrogen) atoms. The maximum atomic E-state index is 11.3. The lowest BCUT2D eigenvalue weighted by Gasteiger charge is -2.30. The van der Waals surface area contributed by atoms with Gasteiger partial charge in [-0.2, -0.15) is 0 Å². The lowest BCUT2D eigenvalue weighted by molar-refractivity contribution is -0.132. The minimum absolute atomic E-state index is 0.225. The molecule has 1 rings (SSSR count). The van der Waals surface area contributed by atoms with Crippen LogP contribution in [0.1, 0.15) is 32.6 Å². The van der Waals surface area contributed by atoms with E-state index in [9.17, 15) is 4.79 Å². The number of carbonyl (C=O) groups is 1. The normalized spacial score (nSPS) is 20.8. The van der Waals surface area contributed by atoms with Crippen molar-refractivity contribution in [1.29, 1.82) is 0 Å². The first-order valence-corrected chi connectivity index (χ1v) is 6.32. The number of nitrogens with one attached hydrogen (secondary N) is 2. The van der Waals surface area contributed by atoms with Gasteiger partial charge in [0.15, 0.2) is 5.11 Å². The van der Waals surface area contributed by atoms with Gasteiger partial charge in [0, 0.05) is 32.6 Å². The highest BCUT2D eigenvalue weighted by Gasteiger charge is 2.22. The molecular weight excluding hydrogens is 222 g/mol. The third-order valence-corrected chi connectivity index (χ3v) is 3.04. The highest BCUT2D eigenvalue weighted by atomic mass is 32.1. The Kier molecular flexibility index (Phi) is 5.52. The molecule has 0 radical (unpaired) electrons. The standard InChI is InChI=1S/C11H21N3OS/c1-3-4-7-12-11(16)13-9-5-6-10(15)14(2)8-9/h9H,3-8H2,1-2H3,(H2,12,13,16). The second-order valence-electron chi connectivity index (χ2n) is 4.26. The van der Waals surface area contributed by atoms with Crippen LogP contribution in [-0.4, -0.2) is 42.1 Å². The smallest absolute Gasteiger partial charge is 0.222 e. The number of likely N-dealkylation sites (N-methyl/N-ethyl adjacent to an activating group) is 1. The molecule has 5 heteroatoms. The first kappa shape index (κ1) is 13.2. The Balaban J connectivity index is 2.21. The summed E-state index contributed by atoms with van der Waals surface area (Å²) in [5, 5.41) is 7.14. The van der Waals surface area contributed by atoms with Crippen LogP contribution in [-0.2, 0) is 4.79 Å². The van der Waals surface area contributed by atoms with Crippen LogP contribution in [0.3, 0.4) is 0 Å². The van der Waals surface area contributed by atoms with E-state index in [2.05, 4.69) is 17.6 Å². The summed E-state index contributed by atoms with van der Waals surface area (Å²) in [7, 11) is 1.84. The maximum absolute atomic E-state index is 11.3. The van der Waals surface area contributed by atoms with E-state index in [-0.39, 0.29) is 5.91 Å². The number of hydrogen-bond donors (Lipinski definition) is 2. The molecule has 0 bridgehead atoms. The minimum atomic E-state index is 0.225. The fourth-order valence-corrected chi connectivity index (χ4v) is 2.01. The Morgan fingerprint density at radius 2 is 2.38 bits per heavy atom. The number of piperidine rings is 1. The van der Waals surface area contributed by atoms with Crippen LogP contribution in [0.4, 0.5) is 0 Å². The van der Waals surface area contributed by atoms with E-state index in [1.54, 1.807) is 4.90 Å². The molecule has 1 aliphatic rings. The van der Waals surface area contributed by atoms with Gasteiger partial charge in [-0.05, 0) is 25.1 Å². The minimum Gasteiger partial charge on any atom is -0.363 e. The van der Waals surface area contributed by atoms with Crippen molar-refractivity contribution in [3.8, 4) is 0 Å². The number of unbranched alkanes of at least 4 members (excludes halogenated alkanes) is 1. The largest absolute Gasteiger partial charge is 0.363 e. The highest BCUT2D eigenvalue weighted by Crippen LogP contribution is 2.09. The predicted molar refractivity (Wildman–Crippen MR) is 69.3 cm³/mol. The van der Waals surface area contributed by atoms with Gasteiger partial charge in [0.2, 0.25) is 5.91 Å². The van der Waals surface area contributed by atoms with Crippen LogP contribution in [0.25, 0.3) is 0 Å². The highest BCUT2D eigenvalue weighted by molar-refractivity contribution is 7.80. The Labute approximate surface area is 103 Å². The molecule has 1 atom stereocenters. The van der Waals surface area contributed by atoms with Crippen molar-refractivity contribution in [1.82, 2.24) is 15.5 Å². The summed E-state index contributed by atoms with van der Waals surface area (Å²) >= 11 is 5.19. The van der Waals surface area contributed by atoms with E-state index in [0.29, 0.717) is 17.6 Å². The van der Waals surface area contributed by atoms with Crippen molar-refractivity contribution < 1.29 is 4.79 Å². The molecule has 4 nitrogen and oxygen atoms in total. The SMILES string of the molecule is CCCCNC(=S)NC1CCC(=O)N(C)C1. The molecule has 1 fully saturated rings. The zero-order valence-electron chi connectivity index (χ0n) is 10.1. The van der Waals surface area contributed by atoms with Crippen LogP contribution >= 0.6 is 12.2 Å². The summed E-state index contributed by atoms with van der Waals surface area (Å²) in [6.45, 7) is 3.82. The number of hydrogen-bond acceptors (Lipinski definition) is 2. The Morgan fingerprint density at radius 3 is 3.00 bits per heavy atom. The van der Waals surface area contributed by atoms with Gasteiger partial charge >= 0.3 is 0 Å². The molecule has 1 aliphatic heterocycles. The van der Waals surface area contributed by atoms with E-state index < -0.39 is 0 Å². The molecule has 0 aromatic heterocycles. The number of amides is 1. The van der Waals surface area contributed by atoms with Crippen molar-refractivity contribution in [3.63, 3.8) is 0 Å². The third-order valence-electron chi connectivity index (χ3n) is 2.78. The third kappa shape index (κ3) is 4.35. The van der Waals surface area contributed by atoms with Crippen molar-refractivity contribution in [3.05, 3.63) is 0 Å². The summed E-state index contributed by atoms with van der Waals surface area (Å²) in [6.07, 6.45) is 3.78. The Morgan fingerprint density at radius 1 is 1.62 bits per heavy atom. The van der Waals surface area contributed by atoms with Gasteiger partial charge in [0.1, 0.15) is 0 Å². The summed E-state index contributed by atoms with van der Waals surface area (Å²) in [4.78, 5) is 13.0. The first-order chi connectivity index (χ1) is 7.63. The average molecular weight is 243 g/mol. The fourth-order valence-electron chi connectivity index (χ4n) is 1.75. The topological polar surface area (TPSA) is 44.4 Å². The molecule has 2 N–H and O–H groups in total. The molecule has 0 aliphatic carbocycles. The molecule has 0 saturated carbocycles. The van der Waals surface area contributed by atoms with Crippen molar-refractivity contribution >= 4 is 23.2 Å². The van der Waals surface area contributed by atoms with Crippen LogP contribution in [0.2, 0.25) is 0 Å². The monoisotopic (exact) mass is 243 g/mol. The second kappa shape index (κ2) is 6.68. The van der Waals surface area contributed by atoms with Crippen LogP contribution in [0.15, 0.2) is 0 Å². The molecule has 1 saturated heterocycles. The van der Waals surface area contributed by atoms with Crippen LogP contribution in [0, 0.1) is 0 Å². The first-order valence-electron chi connectivity index (χ1n) is 5.91. The van der Waals surface area contributed by atoms with E-state index >= 15 is 0 Å². The van der Waals surface area contributed by atoms with E-state index in [1.807, 2.05) is 7.05 Å². The number of rotatable bonds is 4. The summed E-state index contributed by atoms with van der Waals surface area (Å²) in [5.41, 5.74) is 0. The van der Waals surface area contributed by atoms with Gasteiger partial charge in [0.05, 0.1) is 0 Å². The lowest BCUT2D eigenvalue weighted by Crippen LogP contribution is -2.51. The van der Waals surface area contributed by atoms with Gasteiger partial charge in [-0.1, -0.05) is 13.3 Å². The second-order valence-corrected chi connectivity index (χ2v) is 4.67. The molecule has 1 unspecified atom stereocenters. The van der Waals surface area contributed by atoms with E-state index in [4.69, 9.17) is 12.2 Å². The van der Waals surface area contributed by atoms with Crippen molar-refractivity contribution in [2.75, 3.05) is 20.1 Å². The Hall–Kier alpha value is -0.840. The lowest BCUT2D eigenvalue weighted by atomic mass is 10.1. The predicted octanol–water partition coefficient (Wildman–Crippen LogP) is 0.871. The molecular formula is C11H21N3OS. The van der Waals surface area contributed by atoms with Crippen LogP contribution < -0.4 is 10.6 Å². The number of carbonyl (C=O) groups excluding carboxylic acids is 1. The summed E-state index contributed by atoms with van der Waals surface area (Å²) in [6, 6.07) is 0.296. The molecule has 0 spiro atoms. The quantitative estimate of drug-likeness (QED) is 0.568. The molecule has 1 amide bonds. The van der Waals surface area contributed by atoms with Crippen LogP contribution in [0.5, 0.6) is 0 Å². The van der Waals surface area contributed by atoms with Gasteiger partial charge in [0.25, 0.3) is 0 Å².